The third kappa shape index (κ3) is 2.74. The minimum Gasteiger partial charge on any atom is -0.298 e. The van der Waals surface area contributed by atoms with E-state index in [-0.39, 0.29) is 0 Å². The summed E-state index contributed by atoms with van der Waals surface area (Å²) in [4.78, 5) is 2.48. The summed E-state index contributed by atoms with van der Waals surface area (Å²) >= 11 is 3.69. The minimum atomic E-state index is 0.766. The van der Waals surface area contributed by atoms with E-state index in [1.165, 1.54) is 41.5 Å². The molecule has 2 rings (SSSR count). The van der Waals surface area contributed by atoms with Gasteiger partial charge in [-0.3, -0.25) is 9.58 Å². The molecule has 0 bridgehead atoms. The molecule has 1 aliphatic rings. The maximum atomic E-state index is 4.55. The van der Waals surface area contributed by atoms with Gasteiger partial charge >= 0.3 is 0 Å². The summed E-state index contributed by atoms with van der Waals surface area (Å²) in [6.07, 6.45) is 6.48. The van der Waals surface area contributed by atoms with Crippen molar-refractivity contribution in [3.63, 3.8) is 0 Å². The van der Waals surface area contributed by atoms with Crippen LogP contribution in [0.1, 0.15) is 44.0 Å². The molecule has 1 saturated carbocycles. The van der Waals surface area contributed by atoms with E-state index < -0.39 is 0 Å². The average Bonchev–Trinajstić information content (AvgIpc) is 2.92. The van der Waals surface area contributed by atoms with Gasteiger partial charge in [0, 0.05) is 19.6 Å². The molecule has 1 aromatic heterocycles. The average molecular weight is 300 g/mol. The lowest BCUT2D eigenvalue weighted by Crippen LogP contribution is -2.29. The topological polar surface area (TPSA) is 21.1 Å². The van der Waals surface area contributed by atoms with Crippen LogP contribution in [0.2, 0.25) is 0 Å². The van der Waals surface area contributed by atoms with Gasteiger partial charge in [0.05, 0.1) is 15.9 Å². The van der Waals surface area contributed by atoms with Crippen LogP contribution in [0, 0.1) is 0 Å². The molecule has 96 valence electrons. The summed E-state index contributed by atoms with van der Waals surface area (Å²) in [7, 11) is 4.28. The zero-order valence-electron chi connectivity index (χ0n) is 11.0. The molecule has 1 heterocycles. The fraction of sp³-hybridized carbons (Fsp3) is 0.769. The molecule has 0 aromatic carbocycles. The number of nitrogens with zero attached hydrogens (tertiary/aromatic N) is 3. The van der Waals surface area contributed by atoms with Gasteiger partial charge in [-0.15, -0.1) is 0 Å². The smallest absolute Gasteiger partial charge is 0.0767 e. The third-order valence-electron chi connectivity index (χ3n) is 3.85. The number of rotatable bonds is 4. The van der Waals surface area contributed by atoms with Crippen LogP contribution in [-0.4, -0.2) is 27.8 Å². The Bertz CT molecular complexity index is 380. The molecule has 0 saturated heterocycles. The molecule has 0 atom stereocenters. The van der Waals surface area contributed by atoms with E-state index in [0.717, 1.165) is 19.0 Å². The van der Waals surface area contributed by atoms with E-state index >= 15 is 0 Å². The first-order valence-electron chi connectivity index (χ1n) is 6.54. The predicted octanol–water partition coefficient (Wildman–Crippen LogP) is 3.12. The molecule has 1 aromatic rings. The first-order chi connectivity index (χ1) is 8.13. The number of aromatic nitrogens is 2. The van der Waals surface area contributed by atoms with Gasteiger partial charge in [-0.1, -0.05) is 19.8 Å². The molecule has 0 aliphatic heterocycles. The summed E-state index contributed by atoms with van der Waals surface area (Å²) in [6.45, 7) is 3.15. The van der Waals surface area contributed by atoms with E-state index in [2.05, 4.69) is 39.9 Å². The van der Waals surface area contributed by atoms with Crippen molar-refractivity contribution >= 4 is 15.9 Å². The van der Waals surface area contributed by atoms with Crippen LogP contribution in [0.15, 0.2) is 4.47 Å². The molecule has 0 spiro atoms. The Labute approximate surface area is 112 Å². The second kappa shape index (κ2) is 5.53. The SMILES string of the molecule is CCc1nn(C)c(CN(C)C2CCCC2)c1Br. The Hall–Kier alpha value is -0.350. The van der Waals surface area contributed by atoms with Gasteiger partial charge in [0.1, 0.15) is 0 Å². The van der Waals surface area contributed by atoms with Crippen LogP contribution < -0.4 is 0 Å². The van der Waals surface area contributed by atoms with Gasteiger partial charge in [0.25, 0.3) is 0 Å². The molecule has 1 fully saturated rings. The summed E-state index contributed by atoms with van der Waals surface area (Å²) < 4.78 is 3.22. The monoisotopic (exact) mass is 299 g/mol. The van der Waals surface area contributed by atoms with Crippen molar-refractivity contribution in [1.82, 2.24) is 14.7 Å². The Kier molecular flexibility index (Phi) is 4.26. The summed E-state index contributed by atoms with van der Waals surface area (Å²) in [5.41, 5.74) is 2.47. The highest BCUT2D eigenvalue weighted by atomic mass is 79.9. The highest BCUT2D eigenvalue weighted by molar-refractivity contribution is 9.10. The van der Waals surface area contributed by atoms with E-state index in [4.69, 9.17) is 0 Å². The van der Waals surface area contributed by atoms with Crippen molar-refractivity contribution in [3.8, 4) is 0 Å². The summed E-state index contributed by atoms with van der Waals surface area (Å²) in [6, 6.07) is 0.766. The molecule has 4 heteroatoms. The standard InChI is InChI=1S/C13H22BrN3/c1-4-11-13(14)12(17(3)15-11)9-16(2)10-7-5-6-8-10/h10H,4-9H2,1-3H3. The quantitative estimate of drug-likeness (QED) is 0.852. The van der Waals surface area contributed by atoms with Gasteiger partial charge < -0.3 is 0 Å². The number of hydrogen-bond donors (Lipinski definition) is 0. The van der Waals surface area contributed by atoms with Crippen LogP contribution in [-0.2, 0) is 20.0 Å². The van der Waals surface area contributed by atoms with Crippen LogP contribution in [0.5, 0.6) is 0 Å². The van der Waals surface area contributed by atoms with Crippen molar-refractivity contribution in [2.75, 3.05) is 7.05 Å². The van der Waals surface area contributed by atoms with E-state index in [1.54, 1.807) is 0 Å². The van der Waals surface area contributed by atoms with Crippen LogP contribution in [0.25, 0.3) is 0 Å². The number of hydrogen-bond acceptors (Lipinski definition) is 2. The second-order valence-electron chi connectivity index (χ2n) is 5.04. The van der Waals surface area contributed by atoms with Crippen molar-refractivity contribution < 1.29 is 0 Å². The maximum absolute atomic E-state index is 4.55. The fourth-order valence-electron chi connectivity index (χ4n) is 2.70. The minimum absolute atomic E-state index is 0.766. The van der Waals surface area contributed by atoms with Gasteiger partial charge in [-0.05, 0) is 42.2 Å². The largest absolute Gasteiger partial charge is 0.298 e. The van der Waals surface area contributed by atoms with E-state index in [9.17, 15) is 0 Å². The van der Waals surface area contributed by atoms with Crippen LogP contribution in [0.3, 0.4) is 0 Å². The molecule has 17 heavy (non-hydrogen) atoms. The first kappa shape index (κ1) is 13.1. The van der Waals surface area contributed by atoms with Gasteiger partial charge in [0.15, 0.2) is 0 Å². The zero-order valence-corrected chi connectivity index (χ0v) is 12.6. The predicted molar refractivity (Wildman–Crippen MR) is 74.0 cm³/mol. The Morgan fingerprint density at radius 3 is 2.59 bits per heavy atom. The van der Waals surface area contributed by atoms with Crippen molar-refractivity contribution in [2.45, 2.75) is 51.6 Å². The molecule has 0 amide bonds. The molecule has 0 unspecified atom stereocenters. The van der Waals surface area contributed by atoms with Crippen molar-refractivity contribution in [2.24, 2.45) is 7.05 Å². The van der Waals surface area contributed by atoms with Crippen molar-refractivity contribution in [1.29, 1.82) is 0 Å². The normalized spacial score (nSPS) is 17.2. The second-order valence-corrected chi connectivity index (χ2v) is 5.83. The lowest BCUT2D eigenvalue weighted by atomic mass is 10.2. The molecule has 1 aliphatic carbocycles. The Morgan fingerprint density at radius 2 is 2.06 bits per heavy atom. The van der Waals surface area contributed by atoms with E-state index in [0.29, 0.717) is 0 Å². The van der Waals surface area contributed by atoms with Gasteiger partial charge in [0.2, 0.25) is 0 Å². The molecule has 0 N–H and O–H groups in total. The molecule has 3 nitrogen and oxygen atoms in total. The highest BCUT2D eigenvalue weighted by Crippen LogP contribution is 2.27. The number of halogens is 1. The highest BCUT2D eigenvalue weighted by Gasteiger charge is 2.22. The lowest BCUT2D eigenvalue weighted by molar-refractivity contribution is 0.231. The zero-order chi connectivity index (χ0) is 12.4. The van der Waals surface area contributed by atoms with E-state index in [1.807, 2.05) is 11.7 Å². The lowest BCUT2D eigenvalue weighted by Gasteiger charge is -2.24. The van der Waals surface area contributed by atoms with Gasteiger partial charge in [-0.2, -0.15) is 5.10 Å². The van der Waals surface area contributed by atoms with Crippen LogP contribution in [0.4, 0.5) is 0 Å². The van der Waals surface area contributed by atoms with Gasteiger partial charge in [-0.25, -0.2) is 0 Å². The molecule has 0 radical (unpaired) electrons. The maximum Gasteiger partial charge on any atom is 0.0767 e. The van der Waals surface area contributed by atoms with Crippen molar-refractivity contribution in [3.05, 3.63) is 15.9 Å². The van der Waals surface area contributed by atoms with Crippen LogP contribution >= 0.6 is 15.9 Å². The fourth-order valence-corrected chi connectivity index (χ4v) is 3.44. The molecular weight excluding hydrogens is 278 g/mol. The third-order valence-corrected chi connectivity index (χ3v) is 4.77. The number of aryl methyl sites for hydroxylation is 2. The first-order valence-corrected chi connectivity index (χ1v) is 7.33. The summed E-state index contributed by atoms with van der Waals surface area (Å²) in [5.74, 6) is 0. The summed E-state index contributed by atoms with van der Waals surface area (Å²) in [5, 5.41) is 4.55. The Balaban J connectivity index is 2.09. The Morgan fingerprint density at radius 1 is 1.41 bits per heavy atom. The molecular formula is C13H22BrN3.